The van der Waals surface area contributed by atoms with Gasteiger partial charge in [-0.1, -0.05) is 0 Å². The average molecular weight is 268 g/mol. The molecule has 0 amide bonds. The molecule has 0 aliphatic heterocycles. The lowest BCUT2D eigenvalue weighted by Crippen LogP contribution is -2.11. The van der Waals surface area contributed by atoms with Gasteiger partial charge in [0.05, 0.1) is 0 Å². The molecule has 0 spiro atoms. The predicted molar refractivity (Wildman–Crippen MR) is 63.2 cm³/mol. The van der Waals surface area contributed by atoms with Crippen molar-refractivity contribution in [2.24, 2.45) is 0 Å². The number of halogens is 3. The van der Waals surface area contributed by atoms with Crippen LogP contribution in [0.1, 0.15) is 11.7 Å². The molecule has 0 heterocycles. The molecular formula is C14H11F3O2. The molecule has 0 bridgehead atoms. The topological polar surface area (TPSA) is 29.5 Å². The molecule has 0 aromatic heterocycles. The van der Waals surface area contributed by atoms with Crippen LogP contribution in [0.4, 0.5) is 13.2 Å². The van der Waals surface area contributed by atoms with E-state index in [0.29, 0.717) is 5.75 Å². The molecule has 1 atom stereocenters. The van der Waals surface area contributed by atoms with Gasteiger partial charge in [-0.15, -0.1) is 0 Å². The van der Waals surface area contributed by atoms with E-state index >= 15 is 0 Å². The molecule has 0 saturated carbocycles. The summed E-state index contributed by atoms with van der Waals surface area (Å²) in [6.45, 7) is -0.258. The second-order valence-corrected chi connectivity index (χ2v) is 3.95. The van der Waals surface area contributed by atoms with Crippen molar-refractivity contribution in [1.29, 1.82) is 0 Å². The molecule has 0 radical (unpaired) electrons. The van der Waals surface area contributed by atoms with Gasteiger partial charge in [0, 0.05) is 5.56 Å². The Kier molecular flexibility index (Phi) is 4.06. The highest BCUT2D eigenvalue weighted by Crippen LogP contribution is 2.20. The molecular weight excluding hydrogens is 257 g/mol. The van der Waals surface area contributed by atoms with E-state index in [4.69, 9.17) is 4.74 Å². The first kappa shape index (κ1) is 13.4. The highest BCUT2D eigenvalue weighted by molar-refractivity contribution is 5.24. The Morgan fingerprint density at radius 2 is 1.58 bits per heavy atom. The van der Waals surface area contributed by atoms with Crippen LogP contribution in [-0.2, 0) is 0 Å². The van der Waals surface area contributed by atoms with Gasteiger partial charge in [0.2, 0.25) is 0 Å². The highest BCUT2D eigenvalue weighted by atomic mass is 19.1. The van der Waals surface area contributed by atoms with Crippen molar-refractivity contribution in [2.45, 2.75) is 6.10 Å². The number of rotatable bonds is 4. The van der Waals surface area contributed by atoms with Gasteiger partial charge < -0.3 is 9.84 Å². The van der Waals surface area contributed by atoms with E-state index < -0.39 is 23.6 Å². The Bertz CT molecular complexity index is 555. The van der Waals surface area contributed by atoms with Crippen LogP contribution in [0, 0.1) is 17.5 Å². The van der Waals surface area contributed by atoms with E-state index in [1.54, 1.807) is 0 Å². The summed E-state index contributed by atoms with van der Waals surface area (Å²) in [5.74, 6) is -1.44. The Labute approximate surface area is 108 Å². The van der Waals surface area contributed by atoms with Gasteiger partial charge in [0.25, 0.3) is 0 Å². The zero-order chi connectivity index (χ0) is 13.8. The number of hydrogen-bond donors (Lipinski definition) is 1. The molecule has 0 aliphatic rings. The lowest BCUT2D eigenvalue weighted by atomic mass is 10.1. The molecule has 1 unspecified atom stereocenters. The average Bonchev–Trinajstić information content (AvgIpc) is 2.40. The van der Waals surface area contributed by atoms with Crippen LogP contribution in [0.3, 0.4) is 0 Å². The van der Waals surface area contributed by atoms with Crippen molar-refractivity contribution in [1.82, 2.24) is 0 Å². The maximum Gasteiger partial charge on any atom is 0.129 e. The van der Waals surface area contributed by atoms with Crippen LogP contribution in [0.5, 0.6) is 5.75 Å². The Balaban J connectivity index is 2.03. The number of benzene rings is 2. The van der Waals surface area contributed by atoms with E-state index in [-0.39, 0.29) is 12.2 Å². The van der Waals surface area contributed by atoms with Crippen molar-refractivity contribution in [3.8, 4) is 5.75 Å². The monoisotopic (exact) mass is 268 g/mol. The summed E-state index contributed by atoms with van der Waals surface area (Å²) in [5, 5.41) is 9.74. The predicted octanol–water partition coefficient (Wildman–Crippen LogP) is 3.22. The van der Waals surface area contributed by atoms with Crippen molar-refractivity contribution in [3.63, 3.8) is 0 Å². The molecule has 2 rings (SSSR count). The first-order chi connectivity index (χ1) is 9.06. The van der Waals surface area contributed by atoms with E-state index in [0.717, 1.165) is 18.2 Å². The van der Waals surface area contributed by atoms with Gasteiger partial charge in [0.1, 0.15) is 35.9 Å². The fourth-order valence-corrected chi connectivity index (χ4v) is 1.57. The third-order valence-electron chi connectivity index (χ3n) is 2.54. The Morgan fingerprint density at radius 1 is 0.947 bits per heavy atom. The van der Waals surface area contributed by atoms with E-state index in [1.165, 1.54) is 24.3 Å². The zero-order valence-corrected chi connectivity index (χ0v) is 9.82. The van der Waals surface area contributed by atoms with Crippen LogP contribution in [-0.4, -0.2) is 11.7 Å². The summed E-state index contributed by atoms with van der Waals surface area (Å²) in [6, 6.07) is 7.97. The summed E-state index contributed by atoms with van der Waals surface area (Å²) in [4.78, 5) is 0. The first-order valence-corrected chi connectivity index (χ1v) is 5.57. The SMILES string of the molecule is OC(COc1ccc(F)cc1)c1cc(F)ccc1F. The fourth-order valence-electron chi connectivity index (χ4n) is 1.57. The second kappa shape index (κ2) is 5.75. The zero-order valence-electron chi connectivity index (χ0n) is 9.82. The molecule has 19 heavy (non-hydrogen) atoms. The maximum absolute atomic E-state index is 13.4. The van der Waals surface area contributed by atoms with E-state index in [9.17, 15) is 18.3 Å². The molecule has 0 fully saturated rings. The van der Waals surface area contributed by atoms with Crippen molar-refractivity contribution in [2.75, 3.05) is 6.61 Å². The third-order valence-corrected chi connectivity index (χ3v) is 2.54. The van der Waals surface area contributed by atoms with Crippen LogP contribution in [0.25, 0.3) is 0 Å². The first-order valence-electron chi connectivity index (χ1n) is 5.57. The molecule has 2 aromatic rings. The van der Waals surface area contributed by atoms with Crippen molar-refractivity contribution in [3.05, 3.63) is 65.5 Å². The van der Waals surface area contributed by atoms with Crippen LogP contribution in [0.2, 0.25) is 0 Å². The number of hydrogen-bond acceptors (Lipinski definition) is 2. The number of aliphatic hydroxyl groups excluding tert-OH is 1. The minimum absolute atomic E-state index is 0.179. The minimum atomic E-state index is -1.30. The molecule has 0 aliphatic carbocycles. The molecule has 0 saturated heterocycles. The van der Waals surface area contributed by atoms with Crippen molar-refractivity contribution < 1.29 is 23.0 Å². The molecule has 2 aromatic carbocycles. The lowest BCUT2D eigenvalue weighted by Gasteiger charge is -2.13. The Hall–Kier alpha value is -2.01. The summed E-state index contributed by atoms with van der Waals surface area (Å²) in [5.41, 5.74) is -0.179. The summed E-state index contributed by atoms with van der Waals surface area (Å²) in [7, 11) is 0. The van der Waals surface area contributed by atoms with Gasteiger partial charge in [0.15, 0.2) is 0 Å². The lowest BCUT2D eigenvalue weighted by molar-refractivity contribution is 0.104. The van der Waals surface area contributed by atoms with Gasteiger partial charge in [-0.05, 0) is 42.5 Å². The maximum atomic E-state index is 13.4. The van der Waals surface area contributed by atoms with Gasteiger partial charge in [-0.2, -0.15) is 0 Å². The highest BCUT2D eigenvalue weighted by Gasteiger charge is 2.14. The van der Waals surface area contributed by atoms with Gasteiger partial charge in [-0.25, -0.2) is 13.2 Å². The summed E-state index contributed by atoms with van der Waals surface area (Å²) in [6.07, 6.45) is -1.30. The van der Waals surface area contributed by atoms with Crippen LogP contribution >= 0.6 is 0 Å². The van der Waals surface area contributed by atoms with Crippen LogP contribution in [0.15, 0.2) is 42.5 Å². The smallest absolute Gasteiger partial charge is 0.129 e. The van der Waals surface area contributed by atoms with Gasteiger partial charge >= 0.3 is 0 Å². The normalized spacial score (nSPS) is 12.2. The van der Waals surface area contributed by atoms with E-state index in [2.05, 4.69) is 0 Å². The Morgan fingerprint density at radius 3 is 2.26 bits per heavy atom. The second-order valence-electron chi connectivity index (χ2n) is 3.95. The fraction of sp³-hybridized carbons (Fsp3) is 0.143. The largest absolute Gasteiger partial charge is 0.491 e. The summed E-state index contributed by atoms with van der Waals surface area (Å²) >= 11 is 0. The molecule has 5 heteroatoms. The summed E-state index contributed by atoms with van der Waals surface area (Å²) < 4.78 is 44.1. The van der Waals surface area contributed by atoms with Gasteiger partial charge in [-0.3, -0.25) is 0 Å². The minimum Gasteiger partial charge on any atom is -0.491 e. The molecule has 1 N–H and O–H groups in total. The molecule has 100 valence electrons. The van der Waals surface area contributed by atoms with Crippen LogP contribution < -0.4 is 4.74 Å². The van der Waals surface area contributed by atoms with E-state index in [1.807, 2.05) is 0 Å². The third kappa shape index (κ3) is 3.48. The number of aliphatic hydroxyl groups is 1. The van der Waals surface area contributed by atoms with Crippen molar-refractivity contribution >= 4 is 0 Å². The number of ether oxygens (including phenoxy) is 1. The quantitative estimate of drug-likeness (QED) is 0.922. The standard InChI is InChI=1S/C14H11F3O2/c15-9-1-4-11(5-2-9)19-8-14(18)12-7-10(16)3-6-13(12)17/h1-7,14,18H,8H2. The molecule has 2 nitrogen and oxygen atoms in total.